The minimum Gasteiger partial charge on any atom is -0.465 e. The van der Waals surface area contributed by atoms with Crippen LogP contribution in [0.2, 0.25) is 0 Å². The number of hydrogen-bond donors (Lipinski definition) is 1. The Morgan fingerprint density at radius 1 is 1.33 bits per heavy atom. The van der Waals surface area contributed by atoms with Gasteiger partial charge in [0.05, 0.1) is 6.61 Å². The lowest BCUT2D eigenvalue weighted by Gasteiger charge is -2.24. The molecule has 0 aliphatic heterocycles. The van der Waals surface area contributed by atoms with Gasteiger partial charge in [-0.15, -0.1) is 0 Å². The average molecular weight is 257 g/mol. The summed E-state index contributed by atoms with van der Waals surface area (Å²) in [4.78, 5) is 11.6. The van der Waals surface area contributed by atoms with Gasteiger partial charge in [0.15, 0.2) is 0 Å². The Hall–Kier alpha value is -0.610. The highest BCUT2D eigenvalue weighted by Gasteiger charge is 2.29. The van der Waals surface area contributed by atoms with Crippen LogP contribution in [0.1, 0.15) is 52.4 Å². The predicted octanol–water partition coefficient (Wildman–Crippen LogP) is 2.25. The third kappa shape index (κ3) is 5.36. The Labute approximate surface area is 110 Å². The Morgan fingerprint density at radius 2 is 2.00 bits per heavy atom. The Balaban J connectivity index is 2.13. The Kier molecular flexibility index (Phi) is 6.65. The van der Waals surface area contributed by atoms with Gasteiger partial charge in [-0.3, -0.25) is 4.79 Å². The number of nitrogens with two attached hydrogens (primary N) is 1. The third-order valence-corrected chi connectivity index (χ3v) is 3.59. The van der Waals surface area contributed by atoms with Crippen LogP contribution in [0.5, 0.6) is 0 Å². The fraction of sp³-hybridized carbons (Fsp3) is 0.929. The molecule has 0 radical (unpaired) electrons. The van der Waals surface area contributed by atoms with Crippen molar-refractivity contribution in [2.45, 2.75) is 57.9 Å². The van der Waals surface area contributed by atoms with Gasteiger partial charge in [-0.25, -0.2) is 0 Å². The number of carbonyl (C=O) groups is 1. The highest BCUT2D eigenvalue weighted by atomic mass is 16.5. The lowest BCUT2D eigenvalue weighted by molar-refractivity contribution is -0.149. The summed E-state index contributed by atoms with van der Waals surface area (Å²) in [6.07, 6.45) is 7.07. The van der Waals surface area contributed by atoms with Gasteiger partial charge in [-0.2, -0.15) is 0 Å². The molecule has 0 aromatic carbocycles. The van der Waals surface area contributed by atoms with E-state index in [2.05, 4.69) is 0 Å². The molecule has 2 N–H and O–H groups in total. The smallest absolute Gasteiger partial charge is 0.325 e. The van der Waals surface area contributed by atoms with Gasteiger partial charge in [-0.1, -0.05) is 19.3 Å². The summed E-state index contributed by atoms with van der Waals surface area (Å²) in [5.74, 6) is 0.358. The number of hydrogen-bond acceptors (Lipinski definition) is 4. The maximum atomic E-state index is 11.6. The van der Waals surface area contributed by atoms with Crippen molar-refractivity contribution in [1.82, 2.24) is 0 Å². The van der Waals surface area contributed by atoms with Crippen LogP contribution in [-0.4, -0.2) is 31.3 Å². The first-order valence-electron chi connectivity index (χ1n) is 7.10. The summed E-state index contributed by atoms with van der Waals surface area (Å²) in [6, 6.07) is 0. The summed E-state index contributed by atoms with van der Waals surface area (Å²) in [5.41, 5.74) is 4.98. The molecule has 106 valence electrons. The average Bonchev–Trinajstić information content (AvgIpc) is 2.36. The van der Waals surface area contributed by atoms with Gasteiger partial charge in [0.2, 0.25) is 0 Å². The molecule has 1 fully saturated rings. The first kappa shape index (κ1) is 15.4. The van der Waals surface area contributed by atoms with E-state index >= 15 is 0 Å². The molecule has 0 spiro atoms. The Bertz CT molecular complexity index is 247. The normalized spacial score (nSPS) is 20.4. The van der Waals surface area contributed by atoms with E-state index in [0.717, 1.165) is 6.61 Å². The molecule has 0 bridgehead atoms. The zero-order chi connectivity index (χ0) is 13.4. The molecule has 1 aliphatic carbocycles. The van der Waals surface area contributed by atoms with E-state index in [1.54, 1.807) is 13.8 Å². The van der Waals surface area contributed by atoms with Crippen LogP contribution >= 0.6 is 0 Å². The van der Waals surface area contributed by atoms with Crippen molar-refractivity contribution < 1.29 is 14.3 Å². The topological polar surface area (TPSA) is 61.5 Å². The van der Waals surface area contributed by atoms with Crippen LogP contribution < -0.4 is 5.73 Å². The minimum absolute atomic E-state index is 0.341. The highest BCUT2D eigenvalue weighted by molar-refractivity contribution is 5.79. The summed E-state index contributed by atoms with van der Waals surface area (Å²) < 4.78 is 10.6. The number of carbonyl (C=O) groups excluding carboxylic acids is 1. The second kappa shape index (κ2) is 7.74. The molecular formula is C14H27NO3. The molecule has 0 saturated heterocycles. The van der Waals surface area contributed by atoms with Crippen LogP contribution in [0.25, 0.3) is 0 Å². The predicted molar refractivity (Wildman–Crippen MR) is 71.2 cm³/mol. The second-order valence-corrected chi connectivity index (χ2v) is 5.47. The molecule has 1 saturated carbocycles. The van der Waals surface area contributed by atoms with Gasteiger partial charge in [0, 0.05) is 13.2 Å². The molecule has 18 heavy (non-hydrogen) atoms. The minimum atomic E-state index is -0.928. The molecule has 4 nitrogen and oxygen atoms in total. The van der Waals surface area contributed by atoms with Crippen molar-refractivity contribution in [3.05, 3.63) is 0 Å². The van der Waals surface area contributed by atoms with Crippen molar-refractivity contribution in [1.29, 1.82) is 0 Å². The molecule has 1 atom stereocenters. The molecule has 1 rings (SSSR count). The Morgan fingerprint density at radius 3 is 2.61 bits per heavy atom. The number of rotatable bonds is 7. The van der Waals surface area contributed by atoms with Gasteiger partial charge in [-0.05, 0) is 39.0 Å². The summed E-state index contributed by atoms with van der Waals surface area (Å²) in [6.45, 7) is 5.19. The summed E-state index contributed by atoms with van der Waals surface area (Å²) >= 11 is 0. The first-order chi connectivity index (χ1) is 8.56. The zero-order valence-corrected chi connectivity index (χ0v) is 11.7. The fourth-order valence-corrected chi connectivity index (χ4v) is 2.29. The maximum absolute atomic E-state index is 11.6. The SMILES string of the molecule is CCOC(=O)C(C)(N)CCOCC1CCCCC1. The van der Waals surface area contributed by atoms with E-state index in [1.165, 1.54) is 32.1 Å². The van der Waals surface area contributed by atoms with Gasteiger partial charge in [0.1, 0.15) is 5.54 Å². The van der Waals surface area contributed by atoms with Gasteiger partial charge < -0.3 is 15.2 Å². The zero-order valence-electron chi connectivity index (χ0n) is 11.7. The van der Waals surface area contributed by atoms with Crippen molar-refractivity contribution >= 4 is 5.97 Å². The van der Waals surface area contributed by atoms with Crippen molar-refractivity contribution in [3.8, 4) is 0 Å². The van der Waals surface area contributed by atoms with Crippen molar-refractivity contribution in [2.24, 2.45) is 11.7 Å². The summed E-state index contributed by atoms with van der Waals surface area (Å²) in [7, 11) is 0. The van der Waals surface area contributed by atoms with Crippen molar-refractivity contribution in [3.63, 3.8) is 0 Å². The monoisotopic (exact) mass is 257 g/mol. The van der Waals surface area contributed by atoms with Gasteiger partial charge >= 0.3 is 5.97 Å². The lowest BCUT2D eigenvalue weighted by atomic mass is 9.90. The molecule has 0 amide bonds. The molecular weight excluding hydrogens is 230 g/mol. The van der Waals surface area contributed by atoms with Crippen LogP contribution in [0.3, 0.4) is 0 Å². The fourth-order valence-electron chi connectivity index (χ4n) is 2.29. The van der Waals surface area contributed by atoms with E-state index in [9.17, 15) is 4.79 Å². The van der Waals surface area contributed by atoms with Crippen LogP contribution in [0.15, 0.2) is 0 Å². The first-order valence-corrected chi connectivity index (χ1v) is 7.10. The van der Waals surface area contributed by atoms with E-state index in [1.807, 2.05) is 0 Å². The maximum Gasteiger partial charge on any atom is 0.325 e. The van der Waals surface area contributed by atoms with Crippen LogP contribution in [0.4, 0.5) is 0 Å². The molecule has 0 heterocycles. The largest absolute Gasteiger partial charge is 0.465 e. The van der Waals surface area contributed by atoms with Gasteiger partial charge in [0.25, 0.3) is 0 Å². The lowest BCUT2D eigenvalue weighted by Crippen LogP contribution is -2.47. The molecule has 1 unspecified atom stereocenters. The van der Waals surface area contributed by atoms with E-state index in [-0.39, 0.29) is 5.97 Å². The number of ether oxygens (including phenoxy) is 2. The van der Waals surface area contributed by atoms with Crippen molar-refractivity contribution in [2.75, 3.05) is 19.8 Å². The van der Waals surface area contributed by atoms with Crippen LogP contribution in [0, 0.1) is 5.92 Å². The quantitative estimate of drug-likeness (QED) is 0.561. The van der Waals surface area contributed by atoms with E-state index < -0.39 is 5.54 Å². The highest BCUT2D eigenvalue weighted by Crippen LogP contribution is 2.23. The number of esters is 1. The third-order valence-electron chi connectivity index (χ3n) is 3.59. The molecule has 0 aromatic rings. The summed E-state index contributed by atoms with van der Waals surface area (Å²) in [5, 5.41) is 0. The molecule has 1 aliphatic rings. The molecule has 4 heteroatoms. The van der Waals surface area contributed by atoms with Crippen LogP contribution in [-0.2, 0) is 14.3 Å². The standard InChI is InChI=1S/C14H27NO3/c1-3-18-13(16)14(2,15)9-10-17-11-12-7-5-4-6-8-12/h12H,3-11,15H2,1-2H3. The van der Waals surface area contributed by atoms with E-state index in [0.29, 0.717) is 25.6 Å². The van der Waals surface area contributed by atoms with E-state index in [4.69, 9.17) is 15.2 Å². The second-order valence-electron chi connectivity index (χ2n) is 5.47. The molecule has 0 aromatic heterocycles.